The van der Waals surface area contributed by atoms with Gasteiger partial charge in [-0.2, -0.15) is 0 Å². The van der Waals surface area contributed by atoms with Gasteiger partial charge in [0.05, 0.1) is 31.5 Å². The number of furan rings is 1. The van der Waals surface area contributed by atoms with E-state index in [0.29, 0.717) is 28.7 Å². The van der Waals surface area contributed by atoms with Crippen LogP contribution in [0.5, 0.6) is 0 Å². The summed E-state index contributed by atoms with van der Waals surface area (Å²) in [6, 6.07) is 12.5. The van der Waals surface area contributed by atoms with Gasteiger partial charge < -0.3 is 19.0 Å². The third kappa shape index (κ3) is 4.38. The molecular formula is C23H23N5O4S. The third-order valence-electron chi connectivity index (χ3n) is 5.65. The Labute approximate surface area is 194 Å². The Hall–Kier alpha value is -3.53. The fraction of sp³-hybridized carbons (Fsp3) is 0.304. The lowest BCUT2D eigenvalue weighted by Crippen LogP contribution is -2.50. The number of rotatable bonds is 8. The lowest BCUT2D eigenvalue weighted by molar-refractivity contribution is -0.136. The molecule has 1 saturated carbocycles. The summed E-state index contributed by atoms with van der Waals surface area (Å²) >= 11 is 1.42. The second-order valence-electron chi connectivity index (χ2n) is 7.86. The summed E-state index contributed by atoms with van der Waals surface area (Å²) in [5, 5.41) is 11.9. The minimum Gasteiger partial charge on any atom is -0.467 e. The summed E-state index contributed by atoms with van der Waals surface area (Å²) in [6.07, 6.45) is 5.07. The van der Waals surface area contributed by atoms with Gasteiger partial charge in [-0.15, -0.1) is 10.2 Å². The van der Waals surface area contributed by atoms with Crippen LogP contribution in [0.3, 0.4) is 0 Å². The van der Waals surface area contributed by atoms with Crippen molar-refractivity contribution in [3.8, 4) is 0 Å². The molecule has 1 N–H and O–H groups in total. The van der Waals surface area contributed by atoms with Gasteiger partial charge in [0.2, 0.25) is 0 Å². The Balaban J connectivity index is 1.50. The lowest BCUT2D eigenvalue weighted by Gasteiger charge is -2.36. The standard InChI is InChI=1S/C23H23N5O4S/c1-31-21(29)19-18(13-33-23-26-24-14-27(23)12-17-8-5-11-32-17)28(16-9-10-16)22(30)25-20(19)15-6-3-2-4-7-15/h2-8,11,14,16,20H,9-10,12-13H2,1H3,(H,25,30). The normalized spacial score (nSPS) is 18.4. The van der Waals surface area contributed by atoms with Crippen LogP contribution in [-0.2, 0) is 16.1 Å². The molecule has 1 aliphatic heterocycles. The zero-order valence-electron chi connectivity index (χ0n) is 18.0. The molecule has 1 aromatic carbocycles. The van der Waals surface area contributed by atoms with E-state index in [4.69, 9.17) is 9.15 Å². The molecule has 9 nitrogen and oxygen atoms in total. The Morgan fingerprint density at radius 1 is 1.24 bits per heavy atom. The summed E-state index contributed by atoms with van der Waals surface area (Å²) in [5.74, 6) is 0.697. The molecule has 1 aliphatic carbocycles. The molecule has 2 amide bonds. The highest BCUT2D eigenvalue weighted by atomic mass is 32.2. The maximum absolute atomic E-state index is 13.1. The molecule has 10 heteroatoms. The number of hydrogen-bond acceptors (Lipinski definition) is 7. The van der Waals surface area contributed by atoms with Crippen LogP contribution < -0.4 is 5.32 Å². The smallest absolute Gasteiger partial charge is 0.338 e. The average molecular weight is 466 g/mol. The highest BCUT2D eigenvalue weighted by Crippen LogP contribution is 2.40. The van der Waals surface area contributed by atoms with Gasteiger partial charge in [-0.25, -0.2) is 9.59 Å². The maximum Gasteiger partial charge on any atom is 0.338 e. The van der Waals surface area contributed by atoms with E-state index in [9.17, 15) is 9.59 Å². The van der Waals surface area contributed by atoms with Crippen molar-refractivity contribution in [1.82, 2.24) is 25.0 Å². The first kappa shape index (κ1) is 21.3. The van der Waals surface area contributed by atoms with Crippen molar-refractivity contribution in [2.75, 3.05) is 12.9 Å². The second-order valence-corrected chi connectivity index (χ2v) is 8.80. The number of carbonyl (C=O) groups excluding carboxylic acids is 2. The first-order valence-corrected chi connectivity index (χ1v) is 11.6. The molecule has 0 bridgehead atoms. The van der Waals surface area contributed by atoms with Gasteiger partial charge in [0, 0.05) is 17.5 Å². The number of nitrogens with zero attached hydrogens (tertiary/aromatic N) is 4. The van der Waals surface area contributed by atoms with E-state index in [-0.39, 0.29) is 12.1 Å². The van der Waals surface area contributed by atoms with E-state index in [0.717, 1.165) is 24.2 Å². The van der Waals surface area contributed by atoms with Gasteiger partial charge in [-0.1, -0.05) is 42.1 Å². The monoisotopic (exact) mass is 465 g/mol. The summed E-state index contributed by atoms with van der Waals surface area (Å²) in [5.41, 5.74) is 1.92. The van der Waals surface area contributed by atoms with Crippen molar-refractivity contribution in [2.45, 2.75) is 36.6 Å². The SMILES string of the molecule is COC(=O)C1=C(CSc2nncn2Cc2ccco2)N(C2CC2)C(=O)NC1c1ccccc1. The van der Waals surface area contributed by atoms with Gasteiger partial charge in [0.25, 0.3) is 0 Å². The number of hydrogen-bond donors (Lipinski definition) is 1. The molecule has 1 atom stereocenters. The minimum atomic E-state index is -0.585. The van der Waals surface area contributed by atoms with E-state index in [1.807, 2.05) is 47.0 Å². The number of amides is 2. The first-order chi connectivity index (χ1) is 16.2. The van der Waals surface area contributed by atoms with E-state index >= 15 is 0 Å². The van der Waals surface area contributed by atoms with E-state index in [1.165, 1.54) is 18.9 Å². The molecule has 0 radical (unpaired) electrons. The predicted molar refractivity (Wildman–Crippen MR) is 120 cm³/mol. The molecule has 0 spiro atoms. The zero-order chi connectivity index (χ0) is 22.8. The fourth-order valence-corrected chi connectivity index (χ4v) is 4.90. The highest BCUT2D eigenvalue weighted by molar-refractivity contribution is 7.99. The summed E-state index contributed by atoms with van der Waals surface area (Å²) in [6.45, 7) is 0.491. The molecule has 170 valence electrons. The second kappa shape index (κ2) is 9.14. The van der Waals surface area contributed by atoms with Gasteiger partial charge in [0.1, 0.15) is 12.1 Å². The number of thioether (sulfide) groups is 1. The van der Waals surface area contributed by atoms with Gasteiger partial charge in [-0.3, -0.25) is 4.90 Å². The Bertz CT molecular complexity index is 1170. The summed E-state index contributed by atoms with van der Waals surface area (Å²) in [4.78, 5) is 27.8. The fourth-order valence-electron chi connectivity index (χ4n) is 3.96. The molecule has 1 fully saturated rings. The Morgan fingerprint density at radius 3 is 2.76 bits per heavy atom. The van der Waals surface area contributed by atoms with E-state index in [2.05, 4.69) is 15.5 Å². The van der Waals surface area contributed by atoms with Crippen LogP contribution in [-0.4, -0.2) is 50.6 Å². The largest absolute Gasteiger partial charge is 0.467 e. The molecular weight excluding hydrogens is 442 g/mol. The number of esters is 1. The molecule has 3 heterocycles. The first-order valence-electron chi connectivity index (χ1n) is 10.6. The minimum absolute atomic E-state index is 0.0815. The molecule has 33 heavy (non-hydrogen) atoms. The van der Waals surface area contributed by atoms with Crippen LogP contribution in [0.15, 0.2) is 75.9 Å². The van der Waals surface area contributed by atoms with Gasteiger partial charge in [-0.05, 0) is 30.5 Å². The topological polar surface area (TPSA) is 102 Å². The number of methoxy groups -OCH3 is 1. The van der Waals surface area contributed by atoms with Crippen LogP contribution in [0.1, 0.15) is 30.2 Å². The van der Waals surface area contributed by atoms with Crippen molar-refractivity contribution >= 4 is 23.8 Å². The zero-order valence-corrected chi connectivity index (χ0v) is 18.8. The predicted octanol–water partition coefficient (Wildman–Crippen LogP) is 3.37. The molecule has 2 aliphatic rings. The molecule has 1 unspecified atom stereocenters. The van der Waals surface area contributed by atoms with Gasteiger partial charge >= 0.3 is 12.0 Å². The lowest BCUT2D eigenvalue weighted by atomic mass is 9.95. The van der Waals surface area contributed by atoms with E-state index < -0.39 is 12.0 Å². The van der Waals surface area contributed by atoms with Crippen LogP contribution in [0.2, 0.25) is 0 Å². The quantitative estimate of drug-likeness (QED) is 0.402. The van der Waals surface area contributed by atoms with Crippen molar-refractivity contribution in [3.63, 3.8) is 0 Å². The van der Waals surface area contributed by atoms with Crippen molar-refractivity contribution in [2.24, 2.45) is 0 Å². The van der Waals surface area contributed by atoms with Crippen LogP contribution in [0, 0.1) is 0 Å². The molecule has 3 aromatic rings. The summed E-state index contributed by atoms with van der Waals surface area (Å²) in [7, 11) is 1.36. The number of nitrogens with one attached hydrogen (secondary N) is 1. The summed E-state index contributed by atoms with van der Waals surface area (Å²) < 4.78 is 12.5. The number of ether oxygens (including phenoxy) is 1. The Kier molecular flexibility index (Phi) is 5.91. The van der Waals surface area contributed by atoms with Crippen LogP contribution in [0.4, 0.5) is 4.79 Å². The number of urea groups is 1. The van der Waals surface area contributed by atoms with Crippen molar-refractivity contribution in [3.05, 3.63) is 77.6 Å². The van der Waals surface area contributed by atoms with Crippen LogP contribution in [0.25, 0.3) is 0 Å². The van der Waals surface area contributed by atoms with Gasteiger partial charge in [0.15, 0.2) is 5.16 Å². The third-order valence-corrected chi connectivity index (χ3v) is 6.64. The van der Waals surface area contributed by atoms with Crippen LogP contribution >= 0.6 is 11.8 Å². The highest BCUT2D eigenvalue weighted by Gasteiger charge is 2.44. The van der Waals surface area contributed by atoms with E-state index in [1.54, 1.807) is 17.5 Å². The van der Waals surface area contributed by atoms with Crippen molar-refractivity contribution < 1.29 is 18.7 Å². The maximum atomic E-state index is 13.1. The molecule has 5 rings (SSSR count). The number of benzene rings is 1. The number of aromatic nitrogens is 3. The molecule has 0 saturated heterocycles. The number of carbonyl (C=O) groups is 2. The Morgan fingerprint density at radius 2 is 2.06 bits per heavy atom. The average Bonchev–Trinajstić information content (AvgIpc) is 3.35. The molecule has 2 aromatic heterocycles. The van der Waals surface area contributed by atoms with Crippen molar-refractivity contribution in [1.29, 1.82) is 0 Å².